The predicted molar refractivity (Wildman–Crippen MR) is 76.5 cm³/mol. The highest BCUT2D eigenvalue weighted by Gasteiger charge is 2.23. The van der Waals surface area contributed by atoms with Crippen molar-refractivity contribution in [2.45, 2.75) is 40.5 Å². The number of hydrogen-bond acceptors (Lipinski definition) is 2. The number of piperazine rings is 1. The van der Waals surface area contributed by atoms with Crippen molar-refractivity contribution >= 4 is 5.91 Å². The molecule has 3 heteroatoms. The molecule has 0 aromatic carbocycles. The van der Waals surface area contributed by atoms with Gasteiger partial charge in [0, 0.05) is 38.6 Å². The van der Waals surface area contributed by atoms with Crippen molar-refractivity contribution in [2.75, 3.05) is 32.7 Å². The summed E-state index contributed by atoms with van der Waals surface area (Å²) < 4.78 is 0. The first-order valence-corrected chi connectivity index (χ1v) is 7.25. The van der Waals surface area contributed by atoms with Crippen LogP contribution in [0.15, 0.2) is 11.6 Å². The van der Waals surface area contributed by atoms with E-state index in [0.717, 1.165) is 45.6 Å². The van der Waals surface area contributed by atoms with Crippen LogP contribution in [0.2, 0.25) is 0 Å². The predicted octanol–water partition coefficient (Wildman–Crippen LogP) is 2.53. The molecule has 0 N–H and O–H groups in total. The third kappa shape index (κ3) is 4.45. The summed E-state index contributed by atoms with van der Waals surface area (Å²) in [6.07, 6.45) is 4.34. The van der Waals surface area contributed by atoms with E-state index in [1.165, 1.54) is 5.57 Å². The largest absolute Gasteiger partial charge is 0.340 e. The van der Waals surface area contributed by atoms with Gasteiger partial charge in [0.25, 0.3) is 0 Å². The summed E-state index contributed by atoms with van der Waals surface area (Å²) in [5.41, 5.74) is 1.44. The van der Waals surface area contributed by atoms with Crippen LogP contribution in [0.1, 0.15) is 40.5 Å². The summed E-state index contributed by atoms with van der Waals surface area (Å²) in [4.78, 5) is 16.5. The number of rotatable bonds is 5. The lowest BCUT2D eigenvalue weighted by molar-refractivity contribution is -0.136. The van der Waals surface area contributed by atoms with Gasteiger partial charge in [-0.25, -0.2) is 0 Å². The number of carbonyl (C=O) groups is 1. The molecule has 1 amide bonds. The second kappa shape index (κ2) is 7.57. The Morgan fingerprint density at radius 3 is 2.33 bits per heavy atom. The van der Waals surface area contributed by atoms with E-state index in [1.54, 1.807) is 0 Å². The van der Waals surface area contributed by atoms with Crippen molar-refractivity contribution in [2.24, 2.45) is 5.92 Å². The normalized spacial score (nSPS) is 20.0. The quantitative estimate of drug-likeness (QED) is 0.702. The fourth-order valence-electron chi connectivity index (χ4n) is 2.38. The first kappa shape index (κ1) is 15.2. The van der Waals surface area contributed by atoms with E-state index < -0.39 is 0 Å². The van der Waals surface area contributed by atoms with Gasteiger partial charge < -0.3 is 4.90 Å². The van der Waals surface area contributed by atoms with E-state index in [4.69, 9.17) is 0 Å². The molecular weight excluding hydrogens is 224 g/mol. The molecule has 3 nitrogen and oxygen atoms in total. The van der Waals surface area contributed by atoms with E-state index >= 15 is 0 Å². The van der Waals surface area contributed by atoms with Crippen LogP contribution in [0.4, 0.5) is 0 Å². The van der Waals surface area contributed by atoms with Gasteiger partial charge in [-0.3, -0.25) is 9.69 Å². The summed E-state index contributed by atoms with van der Waals surface area (Å²) in [6.45, 7) is 13.3. The standard InChI is InChI=1S/C15H28N2O/c1-5-7-13(3)12-16-8-10-17(11-9-16)15(18)14(4)6-2/h7,14H,5-6,8-12H2,1-4H3/b13-7-. The highest BCUT2D eigenvalue weighted by Crippen LogP contribution is 2.11. The van der Waals surface area contributed by atoms with Gasteiger partial charge in [-0.2, -0.15) is 0 Å². The Morgan fingerprint density at radius 1 is 1.22 bits per heavy atom. The minimum atomic E-state index is 0.179. The first-order valence-electron chi connectivity index (χ1n) is 7.25. The van der Waals surface area contributed by atoms with Gasteiger partial charge in [0.15, 0.2) is 0 Å². The van der Waals surface area contributed by atoms with Crippen LogP contribution in [0.5, 0.6) is 0 Å². The molecule has 0 radical (unpaired) electrons. The van der Waals surface area contributed by atoms with Crippen molar-refractivity contribution in [3.8, 4) is 0 Å². The number of carbonyl (C=O) groups excluding carboxylic acids is 1. The Labute approximate surface area is 112 Å². The number of nitrogens with zero attached hydrogens (tertiary/aromatic N) is 2. The molecule has 1 unspecified atom stereocenters. The molecular formula is C15H28N2O. The average Bonchev–Trinajstić information content (AvgIpc) is 2.38. The minimum absolute atomic E-state index is 0.179. The van der Waals surface area contributed by atoms with Gasteiger partial charge in [-0.15, -0.1) is 0 Å². The Hall–Kier alpha value is -0.830. The second-order valence-corrected chi connectivity index (χ2v) is 5.37. The Bertz CT molecular complexity index is 291. The number of allylic oxidation sites excluding steroid dienone is 1. The van der Waals surface area contributed by atoms with Crippen molar-refractivity contribution in [1.82, 2.24) is 9.80 Å². The molecule has 0 aromatic heterocycles. The molecule has 0 spiro atoms. The molecule has 1 aliphatic rings. The van der Waals surface area contributed by atoms with E-state index in [-0.39, 0.29) is 5.92 Å². The molecule has 1 rings (SSSR count). The van der Waals surface area contributed by atoms with E-state index in [2.05, 4.69) is 31.7 Å². The minimum Gasteiger partial charge on any atom is -0.340 e. The van der Waals surface area contributed by atoms with Gasteiger partial charge >= 0.3 is 0 Å². The van der Waals surface area contributed by atoms with Crippen LogP contribution in [-0.4, -0.2) is 48.4 Å². The van der Waals surface area contributed by atoms with E-state index in [9.17, 15) is 4.79 Å². The Morgan fingerprint density at radius 2 is 1.83 bits per heavy atom. The molecule has 1 atom stereocenters. The smallest absolute Gasteiger partial charge is 0.225 e. The molecule has 1 aliphatic heterocycles. The van der Waals surface area contributed by atoms with Gasteiger partial charge in [0.05, 0.1) is 0 Å². The molecule has 1 fully saturated rings. The molecule has 0 bridgehead atoms. The Kier molecular flexibility index (Phi) is 6.41. The van der Waals surface area contributed by atoms with Crippen LogP contribution < -0.4 is 0 Å². The van der Waals surface area contributed by atoms with E-state index in [0.29, 0.717) is 5.91 Å². The maximum Gasteiger partial charge on any atom is 0.225 e. The van der Waals surface area contributed by atoms with Crippen molar-refractivity contribution in [1.29, 1.82) is 0 Å². The maximum atomic E-state index is 12.1. The number of amides is 1. The molecule has 0 aliphatic carbocycles. The lowest BCUT2D eigenvalue weighted by Crippen LogP contribution is -2.50. The molecule has 1 saturated heterocycles. The van der Waals surface area contributed by atoms with Gasteiger partial charge in [0.1, 0.15) is 0 Å². The third-order valence-electron chi connectivity index (χ3n) is 3.74. The molecule has 18 heavy (non-hydrogen) atoms. The SMILES string of the molecule is CC/C=C(/C)CN1CCN(C(=O)C(C)CC)CC1. The zero-order chi connectivity index (χ0) is 13.5. The highest BCUT2D eigenvalue weighted by molar-refractivity contribution is 5.78. The van der Waals surface area contributed by atoms with Crippen molar-refractivity contribution < 1.29 is 4.79 Å². The molecule has 0 aromatic rings. The van der Waals surface area contributed by atoms with Crippen LogP contribution in [0.3, 0.4) is 0 Å². The van der Waals surface area contributed by atoms with Crippen LogP contribution in [-0.2, 0) is 4.79 Å². The number of hydrogen-bond donors (Lipinski definition) is 0. The fourth-order valence-corrected chi connectivity index (χ4v) is 2.38. The summed E-state index contributed by atoms with van der Waals surface area (Å²) >= 11 is 0. The summed E-state index contributed by atoms with van der Waals surface area (Å²) in [5, 5.41) is 0. The second-order valence-electron chi connectivity index (χ2n) is 5.37. The zero-order valence-corrected chi connectivity index (χ0v) is 12.4. The van der Waals surface area contributed by atoms with Crippen LogP contribution >= 0.6 is 0 Å². The maximum absolute atomic E-state index is 12.1. The first-order chi connectivity index (χ1) is 8.58. The van der Waals surface area contributed by atoms with Crippen molar-refractivity contribution in [3.63, 3.8) is 0 Å². The van der Waals surface area contributed by atoms with Gasteiger partial charge in [-0.1, -0.05) is 32.4 Å². The van der Waals surface area contributed by atoms with Gasteiger partial charge in [-0.05, 0) is 19.8 Å². The summed E-state index contributed by atoms with van der Waals surface area (Å²) in [6, 6.07) is 0. The van der Waals surface area contributed by atoms with Crippen molar-refractivity contribution in [3.05, 3.63) is 11.6 Å². The fraction of sp³-hybridized carbons (Fsp3) is 0.800. The topological polar surface area (TPSA) is 23.6 Å². The monoisotopic (exact) mass is 252 g/mol. The molecule has 1 heterocycles. The third-order valence-corrected chi connectivity index (χ3v) is 3.74. The molecule has 104 valence electrons. The average molecular weight is 252 g/mol. The molecule has 0 saturated carbocycles. The lowest BCUT2D eigenvalue weighted by atomic mass is 10.1. The summed E-state index contributed by atoms with van der Waals surface area (Å²) in [7, 11) is 0. The lowest BCUT2D eigenvalue weighted by Gasteiger charge is -2.36. The summed E-state index contributed by atoms with van der Waals surface area (Å²) in [5.74, 6) is 0.510. The van der Waals surface area contributed by atoms with Crippen LogP contribution in [0.25, 0.3) is 0 Å². The van der Waals surface area contributed by atoms with Crippen LogP contribution in [0, 0.1) is 5.92 Å². The van der Waals surface area contributed by atoms with Gasteiger partial charge in [0.2, 0.25) is 5.91 Å². The Balaban J connectivity index is 2.37. The highest BCUT2D eigenvalue weighted by atomic mass is 16.2. The zero-order valence-electron chi connectivity index (χ0n) is 12.4. The van der Waals surface area contributed by atoms with E-state index in [1.807, 2.05) is 11.8 Å².